The minimum atomic E-state index is -0.282. The number of morpholine rings is 1. The number of ether oxygens (including phenoxy) is 1. The number of rotatable bonds is 3. The zero-order valence-corrected chi connectivity index (χ0v) is 13.0. The first-order chi connectivity index (χ1) is 9.08. The van der Waals surface area contributed by atoms with E-state index in [9.17, 15) is 4.79 Å². The highest BCUT2D eigenvalue weighted by Crippen LogP contribution is 2.25. The molecule has 0 aromatic heterocycles. The van der Waals surface area contributed by atoms with Gasteiger partial charge in [0.05, 0.1) is 18.2 Å². The third kappa shape index (κ3) is 3.84. The van der Waals surface area contributed by atoms with Crippen molar-refractivity contribution < 1.29 is 9.53 Å². The largest absolute Gasteiger partial charge is 0.378 e. The third-order valence-electron chi connectivity index (χ3n) is 3.00. The molecule has 1 aliphatic rings. The number of carbonyl (C=O) groups excluding carboxylic acids is 1. The van der Waals surface area contributed by atoms with E-state index in [-0.39, 0.29) is 11.9 Å². The predicted octanol–water partition coefficient (Wildman–Crippen LogP) is 2.76. The maximum absolute atomic E-state index is 12.2. The van der Waals surface area contributed by atoms with E-state index in [0.29, 0.717) is 31.3 Å². The van der Waals surface area contributed by atoms with Gasteiger partial charge in [0, 0.05) is 23.2 Å². The molecule has 0 spiro atoms. The van der Waals surface area contributed by atoms with Crippen molar-refractivity contribution >= 4 is 39.1 Å². The predicted molar refractivity (Wildman–Crippen MR) is 79.6 cm³/mol. The Kier molecular flexibility index (Phi) is 5.07. The van der Waals surface area contributed by atoms with Crippen LogP contribution in [-0.2, 0) is 9.53 Å². The quantitative estimate of drug-likeness (QED) is 0.914. The van der Waals surface area contributed by atoms with Gasteiger partial charge in [-0.1, -0.05) is 11.6 Å². The average molecular weight is 348 g/mol. The molecule has 6 heteroatoms. The highest BCUT2D eigenvalue weighted by molar-refractivity contribution is 9.10. The maximum atomic E-state index is 12.2. The lowest BCUT2D eigenvalue weighted by Gasteiger charge is -2.29. The highest BCUT2D eigenvalue weighted by Gasteiger charge is 2.22. The van der Waals surface area contributed by atoms with Crippen molar-refractivity contribution in [3.63, 3.8) is 0 Å². The number of benzene rings is 1. The second-order valence-electron chi connectivity index (χ2n) is 4.43. The van der Waals surface area contributed by atoms with E-state index in [2.05, 4.69) is 21.2 Å². The van der Waals surface area contributed by atoms with Crippen LogP contribution in [0.5, 0.6) is 0 Å². The summed E-state index contributed by atoms with van der Waals surface area (Å²) in [5.41, 5.74) is 0.835. The van der Waals surface area contributed by atoms with E-state index in [0.717, 1.165) is 10.2 Å². The molecule has 1 fully saturated rings. The number of nitrogens with one attached hydrogen (secondary N) is 1. The van der Waals surface area contributed by atoms with Crippen LogP contribution in [0.3, 0.4) is 0 Å². The van der Waals surface area contributed by atoms with Gasteiger partial charge in [0.15, 0.2) is 0 Å². The molecule has 19 heavy (non-hydrogen) atoms. The molecule has 0 aliphatic carbocycles. The van der Waals surface area contributed by atoms with E-state index in [1.165, 1.54) is 0 Å². The minimum Gasteiger partial charge on any atom is -0.378 e. The lowest BCUT2D eigenvalue weighted by Crippen LogP contribution is -2.46. The Morgan fingerprint density at radius 1 is 1.47 bits per heavy atom. The number of amides is 1. The Hall–Kier alpha value is -0.780. The number of nitrogens with zero attached hydrogens (tertiary/aromatic N) is 1. The molecule has 1 N–H and O–H groups in total. The first-order valence-corrected chi connectivity index (χ1v) is 7.33. The Labute approximate surface area is 126 Å². The van der Waals surface area contributed by atoms with Crippen LogP contribution in [0.4, 0.5) is 5.69 Å². The smallest absolute Gasteiger partial charge is 0.244 e. The zero-order chi connectivity index (χ0) is 13.8. The van der Waals surface area contributed by atoms with E-state index in [1.54, 1.807) is 6.07 Å². The van der Waals surface area contributed by atoms with Gasteiger partial charge in [-0.15, -0.1) is 0 Å². The van der Waals surface area contributed by atoms with Crippen LogP contribution in [-0.4, -0.2) is 43.2 Å². The molecule has 0 saturated carbocycles. The Balaban J connectivity index is 1.97. The topological polar surface area (TPSA) is 41.6 Å². The normalized spacial score (nSPS) is 17.1. The van der Waals surface area contributed by atoms with Gasteiger partial charge in [0.1, 0.15) is 6.04 Å². The third-order valence-corrected chi connectivity index (χ3v) is 4.23. The van der Waals surface area contributed by atoms with Crippen LogP contribution >= 0.6 is 27.5 Å². The summed E-state index contributed by atoms with van der Waals surface area (Å²) in [6.07, 6.45) is 0. The van der Waals surface area contributed by atoms with Crippen LogP contribution in [0.1, 0.15) is 6.92 Å². The van der Waals surface area contributed by atoms with E-state index in [1.807, 2.05) is 24.0 Å². The summed E-state index contributed by atoms with van der Waals surface area (Å²) < 4.78 is 6.08. The van der Waals surface area contributed by atoms with Gasteiger partial charge in [0.25, 0.3) is 0 Å². The van der Waals surface area contributed by atoms with Crippen molar-refractivity contribution in [2.24, 2.45) is 0 Å². The van der Waals surface area contributed by atoms with Gasteiger partial charge in [-0.25, -0.2) is 0 Å². The molecule has 0 bridgehead atoms. The van der Waals surface area contributed by atoms with Crippen LogP contribution in [0, 0.1) is 0 Å². The van der Waals surface area contributed by atoms with E-state index >= 15 is 0 Å². The highest BCUT2D eigenvalue weighted by atomic mass is 79.9. The van der Waals surface area contributed by atoms with Crippen molar-refractivity contribution in [2.45, 2.75) is 13.0 Å². The molecule has 1 unspecified atom stereocenters. The van der Waals surface area contributed by atoms with Gasteiger partial charge in [-0.2, -0.15) is 0 Å². The van der Waals surface area contributed by atoms with Crippen molar-refractivity contribution in [3.8, 4) is 0 Å². The summed E-state index contributed by atoms with van der Waals surface area (Å²) in [5, 5.41) is 3.79. The molecule has 1 aromatic carbocycles. The van der Waals surface area contributed by atoms with Crippen molar-refractivity contribution in [1.82, 2.24) is 4.90 Å². The van der Waals surface area contributed by atoms with Crippen LogP contribution in [0.15, 0.2) is 22.7 Å². The Morgan fingerprint density at radius 3 is 2.79 bits per heavy atom. The first-order valence-electron chi connectivity index (χ1n) is 6.16. The molecule has 1 aromatic rings. The molecule has 1 heterocycles. The molecule has 1 atom stereocenters. The van der Waals surface area contributed by atoms with Crippen molar-refractivity contribution in [3.05, 3.63) is 27.7 Å². The van der Waals surface area contributed by atoms with Crippen molar-refractivity contribution in [2.75, 3.05) is 31.6 Å². The standard InChI is InChI=1S/C13H16BrClN2O2/c1-9(13(18)17-4-6-19-7-5-17)16-10-2-3-11(14)12(15)8-10/h2-3,8-9,16H,4-7H2,1H3. The van der Waals surface area contributed by atoms with Gasteiger partial charge < -0.3 is 15.0 Å². The number of anilines is 1. The fraction of sp³-hybridized carbons (Fsp3) is 0.462. The molecule has 104 valence electrons. The minimum absolute atomic E-state index is 0.0855. The molecular weight excluding hydrogens is 332 g/mol. The van der Waals surface area contributed by atoms with E-state index < -0.39 is 0 Å². The molecular formula is C13H16BrClN2O2. The molecule has 1 amide bonds. The zero-order valence-electron chi connectivity index (χ0n) is 10.7. The lowest BCUT2D eigenvalue weighted by molar-refractivity contribution is -0.135. The summed E-state index contributed by atoms with van der Waals surface area (Å²) in [4.78, 5) is 14.0. The van der Waals surface area contributed by atoms with E-state index in [4.69, 9.17) is 16.3 Å². The summed E-state index contributed by atoms with van der Waals surface area (Å²) in [7, 11) is 0. The molecule has 2 rings (SSSR count). The molecule has 4 nitrogen and oxygen atoms in total. The molecule has 0 radical (unpaired) electrons. The number of hydrogen-bond donors (Lipinski definition) is 1. The second kappa shape index (κ2) is 6.59. The monoisotopic (exact) mass is 346 g/mol. The van der Waals surface area contributed by atoms with Crippen LogP contribution < -0.4 is 5.32 Å². The molecule has 1 aliphatic heterocycles. The molecule has 1 saturated heterocycles. The fourth-order valence-corrected chi connectivity index (χ4v) is 2.38. The Bertz CT molecular complexity index is 464. The first kappa shape index (κ1) is 14.6. The number of hydrogen-bond acceptors (Lipinski definition) is 3. The summed E-state index contributed by atoms with van der Waals surface area (Å²) in [6.45, 7) is 4.40. The lowest BCUT2D eigenvalue weighted by atomic mass is 10.2. The summed E-state index contributed by atoms with van der Waals surface area (Å²) in [5.74, 6) is 0.0855. The van der Waals surface area contributed by atoms with Gasteiger partial charge in [-0.3, -0.25) is 4.79 Å². The van der Waals surface area contributed by atoms with Crippen LogP contribution in [0.2, 0.25) is 5.02 Å². The van der Waals surface area contributed by atoms with Gasteiger partial charge in [0.2, 0.25) is 5.91 Å². The average Bonchev–Trinajstić information content (AvgIpc) is 2.43. The Morgan fingerprint density at radius 2 is 2.16 bits per heavy atom. The number of halogens is 2. The number of carbonyl (C=O) groups is 1. The van der Waals surface area contributed by atoms with Gasteiger partial charge >= 0.3 is 0 Å². The van der Waals surface area contributed by atoms with Crippen molar-refractivity contribution in [1.29, 1.82) is 0 Å². The maximum Gasteiger partial charge on any atom is 0.244 e. The van der Waals surface area contributed by atoms with Gasteiger partial charge in [-0.05, 0) is 41.1 Å². The summed E-state index contributed by atoms with van der Waals surface area (Å²) in [6, 6.07) is 5.26. The fourth-order valence-electron chi connectivity index (χ4n) is 1.96. The second-order valence-corrected chi connectivity index (χ2v) is 5.69. The SMILES string of the molecule is CC(Nc1ccc(Br)c(Cl)c1)C(=O)N1CCOCC1. The van der Waals surface area contributed by atoms with Crippen LogP contribution in [0.25, 0.3) is 0 Å². The summed E-state index contributed by atoms with van der Waals surface area (Å²) >= 11 is 9.37.